The third-order valence-electron chi connectivity index (χ3n) is 5.38. The molecule has 3 rings (SSSR count). The average molecular weight is 540 g/mol. The van der Waals surface area contributed by atoms with Crippen LogP contribution in [0.25, 0.3) is 0 Å². The van der Waals surface area contributed by atoms with Crippen LogP contribution in [-0.4, -0.2) is 48.9 Å². The van der Waals surface area contributed by atoms with Gasteiger partial charge >= 0.3 is 0 Å². The van der Waals surface area contributed by atoms with Crippen LogP contribution < -0.4 is 16.0 Å². The first-order valence-electron chi connectivity index (χ1n) is 10.1. The summed E-state index contributed by atoms with van der Waals surface area (Å²) in [5.74, 6) is 1.10. The molecule has 1 aromatic carbocycles. The van der Waals surface area contributed by atoms with Gasteiger partial charge in [-0.2, -0.15) is 0 Å². The fourth-order valence-electron chi connectivity index (χ4n) is 3.77. The van der Waals surface area contributed by atoms with Gasteiger partial charge in [-0.25, -0.2) is 9.37 Å². The maximum atomic E-state index is 13.5. The fourth-order valence-corrected chi connectivity index (χ4v) is 3.77. The maximum absolute atomic E-state index is 13.5. The zero-order valence-corrected chi connectivity index (χ0v) is 20.3. The quantitative estimate of drug-likeness (QED) is 0.335. The third kappa shape index (κ3) is 6.78. The number of carbonyl (C=O) groups is 1. The van der Waals surface area contributed by atoms with Crippen LogP contribution in [0.5, 0.6) is 0 Å². The van der Waals surface area contributed by atoms with Gasteiger partial charge in [-0.3, -0.25) is 9.79 Å². The summed E-state index contributed by atoms with van der Waals surface area (Å²) in [6.45, 7) is 2.61. The minimum absolute atomic E-state index is 0. The van der Waals surface area contributed by atoms with Gasteiger partial charge in [0, 0.05) is 58.0 Å². The number of benzene rings is 1. The number of nitrogens with one attached hydrogen (secondary N) is 1. The summed E-state index contributed by atoms with van der Waals surface area (Å²) in [6.07, 6.45) is 3.28. The zero-order valence-electron chi connectivity index (χ0n) is 17.9. The standard InChI is InChI=1S/C22H29FN6O.HI/c1-25-22(28(2)15-16-5-3-7-19(23)13-16)27-14-18-6-4-10-26-21(18)29-11-8-17(9-12-29)20(24)30;/h3-7,10,13,17H,8-9,11-12,14-15H2,1-2H3,(H2,24,30)(H,25,27);1H. The topological polar surface area (TPSA) is 86.9 Å². The van der Waals surface area contributed by atoms with Crippen molar-refractivity contribution in [2.75, 3.05) is 32.1 Å². The van der Waals surface area contributed by atoms with Gasteiger partial charge in [0.15, 0.2) is 5.96 Å². The highest BCUT2D eigenvalue weighted by Crippen LogP contribution is 2.24. The summed E-state index contributed by atoms with van der Waals surface area (Å²) in [7, 11) is 3.64. The number of carbonyl (C=O) groups excluding carboxylic acids is 1. The second kappa shape index (κ2) is 11.8. The molecule has 31 heavy (non-hydrogen) atoms. The number of nitrogens with two attached hydrogens (primary N) is 1. The fraction of sp³-hybridized carbons (Fsp3) is 0.409. The van der Waals surface area contributed by atoms with E-state index in [1.54, 1.807) is 19.3 Å². The van der Waals surface area contributed by atoms with E-state index in [0.717, 1.165) is 42.9 Å². The molecule has 0 atom stereocenters. The van der Waals surface area contributed by atoms with Crippen LogP contribution in [0.2, 0.25) is 0 Å². The van der Waals surface area contributed by atoms with Crippen molar-refractivity contribution in [3.8, 4) is 0 Å². The monoisotopic (exact) mass is 540 g/mol. The molecule has 1 saturated heterocycles. The van der Waals surface area contributed by atoms with Crippen molar-refractivity contribution in [3.63, 3.8) is 0 Å². The first-order valence-corrected chi connectivity index (χ1v) is 10.1. The Kier molecular flexibility index (Phi) is 9.47. The summed E-state index contributed by atoms with van der Waals surface area (Å²) in [5.41, 5.74) is 7.37. The number of amides is 1. The molecule has 0 unspecified atom stereocenters. The average Bonchev–Trinajstić information content (AvgIpc) is 2.74. The van der Waals surface area contributed by atoms with Gasteiger partial charge in [-0.15, -0.1) is 24.0 Å². The minimum atomic E-state index is -0.246. The van der Waals surface area contributed by atoms with E-state index in [2.05, 4.69) is 20.2 Å². The lowest BCUT2D eigenvalue weighted by molar-refractivity contribution is -0.122. The highest BCUT2D eigenvalue weighted by molar-refractivity contribution is 14.0. The van der Waals surface area contributed by atoms with Crippen LogP contribution >= 0.6 is 24.0 Å². The largest absolute Gasteiger partial charge is 0.369 e. The SMILES string of the molecule is CN=C(NCc1cccnc1N1CCC(C(N)=O)CC1)N(C)Cc1cccc(F)c1.I. The first-order chi connectivity index (χ1) is 14.5. The highest BCUT2D eigenvalue weighted by atomic mass is 127. The number of guanidine groups is 1. The van der Waals surface area contributed by atoms with E-state index in [0.29, 0.717) is 19.0 Å². The van der Waals surface area contributed by atoms with Gasteiger partial charge in [-0.05, 0) is 36.6 Å². The number of primary amides is 1. The summed E-state index contributed by atoms with van der Waals surface area (Å²) < 4.78 is 13.5. The minimum Gasteiger partial charge on any atom is -0.369 e. The van der Waals surface area contributed by atoms with Crippen molar-refractivity contribution in [1.82, 2.24) is 15.2 Å². The van der Waals surface area contributed by atoms with E-state index in [1.807, 2.05) is 30.1 Å². The number of nitrogens with zero attached hydrogens (tertiary/aromatic N) is 4. The van der Waals surface area contributed by atoms with E-state index >= 15 is 0 Å². The molecule has 1 fully saturated rings. The summed E-state index contributed by atoms with van der Waals surface area (Å²) in [5, 5.41) is 3.37. The van der Waals surface area contributed by atoms with Crippen molar-refractivity contribution >= 4 is 41.7 Å². The number of halogens is 2. The molecule has 1 amide bonds. The Bertz CT molecular complexity index is 901. The van der Waals surface area contributed by atoms with Crippen LogP contribution in [0.3, 0.4) is 0 Å². The van der Waals surface area contributed by atoms with Crippen LogP contribution in [0.4, 0.5) is 10.2 Å². The van der Waals surface area contributed by atoms with E-state index in [1.165, 1.54) is 12.1 Å². The number of hydrogen-bond acceptors (Lipinski definition) is 4. The van der Waals surface area contributed by atoms with Crippen LogP contribution in [0, 0.1) is 11.7 Å². The Morgan fingerprint density at radius 2 is 2.06 bits per heavy atom. The molecule has 1 aliphatic rings. The van der Waals surface area contributed by atoms with Crippen LogP contribution in [0.1, 0.15) is 24.0 Å². The Morgan fingerprint density at radius 1 is 1.32 bits per heavy atom. The second-order valence-electron chi connectivity index (χ2n) is 7.54. The Labute approximate surface area is 199 Å². The number of hydrogen-bond donors (Lipinski definition) is 2. The maximum Gasteiger partial charge on any atom is 0.220 e. The zero-order chi connectivity index (χ0) is 21.5. The molecule has 3 N–H and O–H groups in total. The van der Waals surface area contributed by atoms with Crippen LogP contribution in [-0.2, 0) is 17.9 Å². The van der Waals surface area contributed by atoms with E-state index in [4.69, 9.17) is 5.73 Å². The van der Waals surface area contributed by atoms with Crippen molar-refractivity contribution in [1.29, 1.82) is 0 Å². The lowest BCUT2D eigenvalue weighted by Gasteiger charge is -2.32. The second-order valence-corrected chi connectivity index (χ2v) is 7.54. The van der Waals surface area contributed by atoms with Gasteiger partial charge in [0.05, 0.1) is 0 Å². The highest BCUT2D eigenvalue weighted by Gasteiger charge is 2.25. The number of aromatic nitrogens is 1. The predicted molar refractivity (Wildman–Crippen MR) is 132 cm³/mol. The van der Waals surface area contributed by atoms with Crippen molar-refractivity contribution in [2.24, 2.45) is 16.6 Å². The summed E-state index contributed by atoms with van der Waals surface area (Å²) in [4.78, 5) is 24.5. The molecule has 0 bridgehead atoms. The molecule has 0 saturated carbocycles. The lowest BCUT2D eigenvalue weighted by Crippen LogP contribution is -2.40. The first kappa shape index (κ1) is 24.8. The molecule has 1 aromatic heterocycles. The molecule has 0 radical (unpaired) electrons. The number of rotatable bonds is 6. The van der Waals surface area contributed by atoms with Gasteiger partial charge in [0.1, 0.15) is 11.6 Å². The summed E-state index contributed by atoms with van der Waals surface area (Å²) >= 11 is 0. The van der Waals surface area contributed by atoms with Gasteiger partial charge in [-0.1, -0.05) is 18.2 Å². The molecule has 2 aromatic rings. The normalized spacial score (nSPS) is 14.7. The third-order valence-corrected chi connectivity index (χ3v) is 5.38. The van der Waals surface area contributed by atoms with Crippen molar-refractivity contribution < 1.29 is 9.18 Å². The molecule has 0 spiro atoms. The van der Waals surface area contributed by atoms with E-state index in [9.17, 15) is 9.18 Å². The van der Waals surface area contributed by atoms with Crippen LogP contribution in [0.15, 0.2) is 47.6 Å². The molecule has 9 heteroatoms. The number of aliphatic imine (C=N–C) groups is 1. The van der Waals surface area contributed by atoms with E-state index in [-0.39, 0.29) is 41.6 Å². The molecule has 168 valence electrons. The molecule has 7 nitrogen and oxygen atoms in total. The smallest absolute Gasteiger partial charge is 0.220 e. The molecular weight excluding hydrogens is 510 g/mol. The molecule has 2 heterocycles. The number of anilines is 1. The van der Waals surface area contributed by atoms with Crippen molar-refractivity contribution in [3.05, 3.63) is 59.5 Å². The van der Waals surface area contributed by atoms with E-state index < -0.39 is 0 Å². The predicted octanol–water partition coefficient (Wildman–Crippen LogP) is 2.75. The number of pyridine rings is 1. The molecule has 0 aliphatic carbocycles. The molecular formula is C22H30FIN6O. The summed E-state index contributed by atoms with van der Waals surface area (Å²) in [6, 6.07) is 10.5. The number of piperidine rings is 1. The van der Waals surface area contributed by atoms with Gasteiger partial charge in [0.2, 0.25) is 5.91 Å². The Morgan fingerprint density at radius 3 is 2.71 bits per heavy atom. The molecule has 1 aliphatic heterocycles. The lowest BCUT2D eigenvalue weighted by atomic mass is 9.96. The Hall–Kier alpha value is -2.43. The Balaban J connectivity index is 0.00000341. The van der Waals surface area contributed by atoms with Gasteiger partial charge < -0.3 is 20.9 Å². The van der Waals surface area contributed by atoms with Crippen molar-refractivity contribution in [2.45, 2.75) is 25.9 Å². The van der Waals surface area contributed by atoms with Gasteiger partial charge in [0.25, 0.3) is 0 Å².